The Morgan fingerprint density at radius 2 is 1.81 bits per heavy atom. The van der Waals surface area contributed by atoms with Crippen molar-refractivity contribution in [2.75, 3.05) is 60.5 Å². The molecule has 2 fully saturated rings. The third-order valence-corrected chi connectivity index (χ3v) is 8.60. The van der Waals surface area contributed by atoms with Crippen LogP contribution >= 0.6 is 0 Å². The van der Waals surface area contributed by atoms with Crippen molar-refractivity contribution in [3.63, 3.8) is 0 Å². The molecule has 0 saturated carbocycles. The number of hydrogen-bond donors (Lipinski definition) is 0. The maximum atomic E-state index is 13.5. The number of rotatable bonds is 6. The minimum atomic E-state index is -0.640. The van der Waals surface area contributed by atoms with Gasteiger partial charge < -0.3 is 29.1 Å². The van der Waals surface area contributed by atoms with Crippen LogP contribution < -0.4 is 0 Å². The van der Waals surface area contributed by atoms with Gasteiger partial charge in [-0.05, 0) is 71.6 Å². The van der Waals surface area contributed by atoms with Crippen LogP contribution in [0.1, 0.15) is 83.0 Å². The van der Waals surface area contributed by atoms with Crippen LogP contribution in [-0.2, 0) is 25.6 Å². The molecule has 3 rings (SSSR count). The summed E-state index contributed by atoms with van der Waals surface area (Å²) in [7, 11) is 5.19. The molecule has 3 heterocycles. The van der Waals surface area contributed by atoms with Gasteiger partial charge in [0.25, 0.3) is 5.91 Å². The highest BCUT2D eigenvalue weighted by atomic mass is 16.6. The summed E-state index contributed by atoms with van der Waals surface area (Å²) >= 11 is 0. The zero-order valence-electron chi connectivity index (χ0n) is 27.3. The highest BCUT2D eigenvalue weighted by Crippen LogP contribution is 2.37. The number of carbonyl (C=O) groups is 4. The van der Waals surface area contributed by atoms with E-state index in [9.17, 15) is 19.2 Å². The third-order valence-electron chi connectivity index (χ3n) is 8.60. The Hall–Kier alpha value is -3.15. The number of piperidine rings is 1. The number of nitrogens with zero attached hydrogens (tertiary/aromatic N) is 6. The lowest BCUT2D eigenvalue weighted by molar-refractivity contribution is -0.147. The van der Waals surface area contributed by atoms with Crippen molar-refractivity contribution in [2.45, 2.75) is 90.8 Å². The Labute approximate surface area is 256 Å². The van der Waals surface area contributed by atoms with Crippen molar-refractivity contribution in [3.8, 4) is 0 Å². The van der Waals surface area contributed by atoms with Crippen LogP contribution in [0.25, 0.3) is 0 Å². The predicted molar refractivity (Wildman–Crippen MR) is 162 cm³/mol. The highest BCUT2D eigenvalue weighted by Gasteiger charge is 2.38. The second kappa shape index (κ2) is 15.0. The number of aromatic nitrogens is 2. The van der Waals surface area contributed by atoms with E-state index in [2.05, 4.69) is 5.10 Å². The molecule has 43 heavy (non-hydrogen) atoms. The minimum absolute atomic E-state index is 0.103. The molecule has 1 aromatic rings. The second-order valence-electron chi connectivity index (χ2n) is 13.2. The molecule has 2 aliphatic rings. The molecule has 2 aliphatic heterocycles. The van der Waals surface area contributed by atoms with Crippen LogP contribution in [0, 0.1) is 5.41 Å². The largest absolute Gasteiger partial charge is 0.444 e. The molecule has 0 aliphatic carbocycles. The second-order valence-corrected chi connectivity index (χ2v) is 13.2. The van der Waals surface area contributed by atoms with E-state index in [4.69, 9.17) is 9.47 Å². The first-order chi connectivity index (χ1) is 20.2. The number of hydrogen-bond acceptors (Lipinski definition) is 7. The summed E-state index contributed by atoms with van der Waals surface area (Å²) in [6, 6.07) is -0.640. The number of amides is 4. The van der Waals surface area contributed by atoms with Crippen molar-refractivity contribution in [2.24, 2.45) is 5.41 Å². The van der Waals surface area contributed by atoms with Gasteiger partial charge in [0.05, 0.1) is 18.4 Å². The van der Waals surface area contributed by atoms with Crippen LogP contribution in [0.3, 0.4) is 0 Å². The van der Waals surface area contributed by atoms with E-state index in [0.29, 0.717) is 57.7 Å². The molecule has 12 nitrogen and oxygen atoms in total. The molecular formula is C31H52N6O6. The van der Waals surface area contributed by atoms with Gasteiger partial charge in [0.15, 0.2) is 0 Å². The van der Waals surface area contributed by atoms with Gasteiger partial charge in [-0.3, -0.25) is 19.1 Å². The average molecular weight is 605 g/mol. The number of likely N-dealkylation sites (N-methyl/N-ethyl adjacent to an activating group) is 2. The fourth-order valence-electron chi connectivity index (χ4n) is 5.77. The molecule has 12 heteroatoms. The summed E-state index contributed by atoms with van der Waals surface area (Å²) in [4.78, 5) is 58.8. The minimum Gasteiger partial charge on any atom is -0.444 e. The van der Waals surface area contributed by atoms with Crippen molar-refractivity contribution < 1.29 is 28.7 Å². The van der Waals surface area contributed by atoms with E-state index in [1.807, 2.05) is 27.7 Å². The van der Waals surface area contributed by atoms with Crippen LogP contribution in [0.4, 0.5) is 4.79 Å². The Morgan fingerprint density at radius 3 is 2.44 bits per heavy atom. The Bertz CT molecular complexity index is 1110. The first-order valence-electron chi connectivity index (χ1n) is 15.6. The monoisotopic (exact) mass is 604 g/mol. The molecular weight excluding hydrogens is 552 g/mol. The lowest BCUT2D eigenvalue weighted by Gasteiger charge is -2.42. The van der Waals surface area contributed by atoms with Gasteiger partial charge in [-0.1, -0.05) is 6.42 Å². The van der Waals surface area contributed by atoms with Gasteiger partial charge in [-0.25, -0.2) is 4.79 Å². The molecule has 1 atom stereocenters. The standard InChI is InChI=1S/C31H52N6O6/c1-8-37-21-24(20-32-37)27(39)33(5)17-11-12-25-28(40)34(6)16-10-9-13-31(23-42-22-26(38)35(25)7)14-18-36(19-15-31)29(41)43-30(2,3)4/h20-21,25H,8-19,22-23H2,1-7H3/t25-/m0/s1. The zero-order chi connectivity index (χ0) is 31.8. The zero-order valence-corrected chi connectivity index (χ0v) is 27.3. The molecule has 1 spiro atoms. The smallest absolute Gasteiger partial charge is 0.410 e. The number of likely N-dealkylation sites (tertiary alicyclic amines) is 1. The number of aryl methyl sites for hydroxylation is 1. The van der Waals surface area contributed by atoms with E-state index in [-0.39, 0.29) is 35.8 Å². The first kappa shape index (κ1) is 34.3. The van der Waals surface area contributed by atoms with Gasteiger partial charge in [0.2, 0.25) is 11.8 Å². The Kier molecular flexibility index (Phi) is 12.0. The summed E-state index contributed by atoms with van der Waals surface area (Å²) in [5.74, 6) is -0.473. The van der Waals surface area contributed by atoms with Crippen LogP contribution in [0.15, 0.2) is 12.4 Å². The van der Waals surface area contributed by atoms with E-state index < -0.39 is 11.6 Å². The molecule has 4 amide bonds. The lowest BCUT2D eigenvalue weighted by atomic mass is 9.75. The van der Waals surface area contributed by atoms with Crippen molar-refractivity contribution in [1.82, 2.24) is 29.4 Å². The fourth-order valence-corrected chi connectivity index (χ4v) is 5.77. The van der Waals surface area contributed by atoms with Gasteiger partial charge >= 0.3 is 6.09 Å². The summed E-state index contributed by atoms with van der Waals surface area (Å²) in [6.45, 7) is 10.8. The molecule has 0 N–H and O–H groups in total. The van der Waals surface area contributed by atoms with Crippen LogP contribution in [0.5, 0.6) is 0 Å². The summed E-state index contributed by atoms with van der Waals surface area (Å²) in [5, 5.41) is 4.18. The van der Waals surface area contributed by atoms with Crippen molar-refractivity contribution >= 4 is 23.8 Å². The van der Waals surface area contributed by atoms with E-state index in [1.54, 1.807) is 52.9 Å². The summed E-state index contributed by atoms with van der Waals surface area (Å²) in [5.41, 5.74) is -0.139. The van der Waals surface area contributed by atoms with Gasteiger partial charge in [0, 0.05) is 60.1 Å². The van der Waals surface area contributed by atoms with Gasteiger partial charge in [0.1, 0.15) is 18.2 Å². The van der Waals surface area contributed by atoms with Crippen LogP contribution in [-0.4, -0.2) is 125 Å². The van der Waals surface area contributed by atoms with Crippen LogP contribution in [0.2, 0.25) is 0 Å². The predicted octanol–water partition coefficient (Wildman–Crippen LogP) is 3.26. The molecule has 1 aromatic heterocycles. The molecule has 0 bridgehead atoms. The van der Waals surface area contributed by atoms with Crippen molar-refractivity contribution in [1.29, 1.82) is 0 Å². The number of carbonyl (C=O) groups excluding carboxylic acids is 4. The Balaban J connectivity index is 1.60. The SMILES string of the molecule is CCn1cc(C(=O)N(C)CCC[C@H]2C(=O)N(C)CCCCC3(CCN(C(=O)OC(C)(C)C)CC3)COCC(=O)N2C)cn1. The molecule has 0 unspecified atom stereocenters. The molecule has 0 radical (unpaired) electrons. The quantitative estimate of drug-likeness (QED) is 0.489. The molecule has 2 saturated heterocycles. The topological polar surface area (TPSA) is 118 Å². The third kappa shape index (κ3) is 9.67. The summed E-state index contributed by atoms with van der Waals surface area (Å²) < 4.78 is 13.3. The van der Waals surface area contributed by atoms with Gasteiger partial charge in [-0.2, -0.15) is 5.10 Å². The Morgan fingerprint density at radius 1 is 1.12 bits per heavy atom. The number of ether oxygens (including phenoxy) is 2. The molecule has 0 aromatic carbocycles. The molecule has 242 valence electrons. The van der Waals surface area contributed by atoms with E-state index in [0.717, 1.165) is 32.1 Å². The fraction of sp³-hybridized carbons (Fsp3) is 0.774. The van der Waals surface area contributed by atoms with Gasteiger partial charge in [-0.15, -0.1) is 0 Å². The summed E-state index contributed by atoms with van der Waals surface area (Å²) in [6.07, 6.45) is 8.21. The normalized spacial score (nSPS) is 20.8. The first-order valence-corrected chi connectivity index (χ1v) is 15.6. The van der Waals surface area contributed by atoms with Crippen molar-refractivity contribution in [3.05, 3.63) is 18.0 Å². The average Bonchev–Trinajstić information content (AvgIpc) is 3.45. The maximum Gasteiger partial charge on any atom is 0.410 e. The van der Waals surface area contributed by atoms with E-state index >= 15 is 0 Å². The van der Waals surface area contributed by atoms with E-state index in [1.165, 1.54) is 4.90 Å². The lowest BCUT2D eigenvalue weighted by Crippen LogP contribution is -2.50. The highest BCUT2D eigenvalue weighted by molar-refractivity contribution is 5.93. The maximum absolute atomic E-state index is 13.5.